The number of rotatable bonds is 4. The molecule has 0 heterocycles. The van der Waals surface area contributed by atoms with Crippen molar-refractivity contribution in [2.45, 2.75) is 6.92 Å². The van der Waals surface area contributed by atoms with Crippen LogP contribution in [-0.4, -0.2) is 26.0 Å². The third-order valence-corrected chi connectivity index (χ3v) is 3.32. The van der Waals surface area contributed by atoms with Crippen LogP contribution in [0.4, 0.5) is 17.1 Å². The fourth-order valence-corrected chi connectivity index (χ4v) is 2.05. The first-order valence-electron chi connectivity index (χ1n) is 7.15. The van der Waals surface area contributed by atoms with Crippen molar-refractivity contribution in [1.29, 1.82) is 0 Å². The van der Waals surface area contributed by atoms with Gasteiger partial charge in [-0.05, 0) is 36.8 Å². The van der Waals surface area contributed by atoms with Gasteiger partial charge in [-0.15, -0.1) is 0 Å². The van der Waals surface area contributed by atoms with E-state index in [0.717, 1.165) is 5.56 Å². The molecule has 0 bridgehead atoms. The molecule has 2 aromatic rings. The molecule has 0 atom stereocenters. The highest BCUT2D eigenvalue weighted by molar-refractivity contribution is 6.44. The Hall–Kier alpha value is -3.22. The number of aryl methyl sites for hydroxylation is 1. The fourth-order valence-electron chi connectivity index (χ4n) is 2.05. The Balaban J connectivity index is 2.14. The fraction of sp³-hybridized carbons (Fsp3) is 0.176. The zero-order valence-corrected chi connectivity index (χ0v) is 13.7. The number of ether oxygens (including phenoxy) is 2. The number of hydrogen-bond donors (Lipinski definition) is 3. The molecule has 0 unspecified atom stereocenters. The summed E-state index contributed by atoms with van der Waals surface area (Å²) in [5.74, 6) is -0.749. The van der Waals surface area contributed by atoms with Crippen LogP contribution in [0.2, 0.25) is 0 Å². The van der Waals surface area contributed by atoms with Gasteiger partial charge in [-0.1, -0.05) is 6.07 Å². The normalized spacial score (nSPS) is 9.96. The molecule has 24 heavy (non-hydrogen) atoms. The van der Waals surface area contributed by atoms with Crippen LogP contribution in [0.5, 0.6) is 11.5 Å². The maximum Gasteiger partial charge on any atom is 0.314 e. The van der Waals surface area contributed by atoms with Crippen LogP contribution in [0.3, 0.4) is 0 Å². The molecule has 0 aliphatic carbocycles. The highest BCUT2D eigenvalue weighted by Gasteiger charge is 2.17. The Kier molecular flexibility index (Phi) is 5.26. The summed E-state index contributed by atoms with van der Waals surface area (Å²) in [6.45, 7) is 1.86. The van der Waals surface area contributed by atoms with Crippen molar-refractivity contribution in [1.82, 2.24) is 0 Å². The highest BCUT2D eigenvalue weighted by atomic mass is 16.5. The average molecular weight is 329 g/mol. The zero-order valence-electron chi connectivity index (χ0n) is 13.7. The number of nitrogen functional groups attached to an aromatic ring is 1. The number of hydrogen-bond acceptors (Lipinski definition) is 5. The smallest absolute Gasteiger partial charge is 0.314 e. The van der Waals surface area contributed by atoms with Crippen molar-refractivity contribution in [3.05, 3.63) is 42.0 Å². The zero-order chi connectivity index (χ0) is 17.7. The molecule has 0 aliphatic rings. The monoisotopic (exact) mass is 329 g/mol. The molecular formula is C17H19N3O4. The molecule has 2 aromatic carbocycles. The lowest BCUT2D eigenvalue weighted by Gasteiger charge is -2.12. The average Bonchev–Trinajstić information content (AvgIpc) is 2.57. The predicted octanol–water partition coefficient (Wildman–Crippen LogP) is 2.17. The van der Waals surface area contributed by atoms with Gasteiger partial charge in [0.05, 0.1) is 31.3 Å². The van der Waals surface area contributed by atoms with Gasteiger partial charge >= 0.3 is 11.8 Å². The number of carbonyl (C=O) groups excluding carboxylic acids is 2. The lowest BCUT2D eigenvalue weighted by Crippen LogP contribution is -2.29. The summed E-state index contributed by atoms with van der Waals surface area (Å²) in [5, 5.41) is 4.98. The first kappa shape index (κ1) is 17.1. The van der Waals surface area contributed by atoms with Gasteiger partial charge in [-0.25, -0.2) is 0 Å². The molecule has 0 spiro atoms. The minimum atomic E-state index is -0.845. The van der Waals surface area contributed by atoms with E-state index in [1.807, 2.05) is 13.0 Å². The van der Waals surface area contributed by atoms with Crippen molar-refractivity contribution < 1.29 is 19.1 Å². The van der Waals surface area contributed by atoms with Crippen molar-refractivity contribution in [2.24, 2.45) is 0 Å². The molecule has 0 aromatic heterocycles. The summed E-state index contributed by atoms with van der Waals surface area (Å²) < 4.78 is 10.3. The number of carbonyl (C=O) groups is 2. The van der Waals surface area contributed by atoms with Gasteiger partial charge in [0.2, 0.25) is 0 Å². The number of benzene rings is 2. The van der Waals surface area contributed by atoms with Gasteiger partial charge in [0.15, 0.2) is 0 Å². The number of methoxy groups -OCH3 is 2. The Labute approximate surface area is 139 Å². The van der Waals surface area contributed by atoms with E-state index in [4.69, 9.17) is 15.2 Å². The lowest BCUT2D eigenvalue weighted by atomic mass is 10.2. The van der Waals surface area contributed by atoms with Gasteiger partial charge in [-0.2, -0.15) is 0 Å². The van der Waals surface area contributed by atoms with E-state index in [2.05, 4.69) is 10.6 Å². The first-order chi connectivity index (χ1) is 11.4. The molecule has 0 saturated carbocycles. The van der Waals surface area contributed by atoms with Crippen LogP contribution in [0.1, 0.15) is 5.56 Å². The molecule has 7 nitrogen and oxygen atoms in total. The van der Waals surface area contributed by atoms with E-state index in [0.29, 0.717) is 28.6 Å². The van der Waals surface area contributed by atoms with E-state index in [-0.39, 0.29) is 0 Å². The van der Waals surface area contributed by atoms with E-state index >= 15 is 0 Å². The van der Waals surface area contributed by atoms with Crippen molar-refractivity contribution >= 4 is 28.9 Å². The molecule has 2 amide bonds. The molecule has 2 rings (SSSR count). The standard InChI is InChI=1S/C17H19N3O4/c1-10-4-6-12(18)13(8-10)19-16(21)17(22)20-14-9-11(23-2)5-7-15(14)24-3/h4-9H,18H2,1-3H3,(H,19,21)(H,20,22). The molecule has 4 N–H and O–H groups in total. The quantitative estimate of drug-likeness (QED) is 0.589. The molecule has 7 heteroatoms. The lowest BCUT2D eigenvalue weighted by molar-refractivity contribution is -0.133. The number of nitrogens with one attached hydrogen (secondary N) is 2. The Bertz CT molecular complexity index is 774. The summed E-state index contributed by atoms with van der Waals surface area (Å²) in [4.78, 5) is 24.2. The second-order valence-corrected chi connectivity index (χ2v) is 5.07. The number of amides is 2. The molecular weight excluding hydrogens is 310 g/mol. The first-order valence-corrected chi connectivity index (χ1v) is 7.15. The largest absolute Gasteiger partial charge is 0.497 e. The molecule has 0 aliphatic heterocycles. The van der Waals surface area contributed by atoms with Gasteiger partial charge in [-0.3, -0.25) is 9.59 Å². The third-order valence-electron chi connectivity index (χ3n) is 3.32. The summed E-state index contributed by atoms with van der Waals surface area (Å²) in [7, 11) is 2.96. The molecule has 0 fully saturated rings. The maximum atomic E-state index is 12.1. The molecule has 126 valence electrons. The number of nitrogens with two attached hydrogens (primary N) is 1. The Morgan fingerprint density at radius 1 is 0.917 bits per heavy atom. The minimum absolute atomic E-state index is 0.328. The summed E-state index contributed by atoms with van der Waals surface area (Å²) >= 11 is 0. The van der Waals surface area contributed by atoms with Crippen LogP contribution in [0, 0.1) is 6.92 Å². The van der Waals surface area contributed by atoms with Crippen molar-refractivity contribution in [2.75, 3.05) is 30.6 Å². The van der Waals surface area contributed by atoms with Gasteiger partial charge in [0, 0.05) is 6.07 Å². The third kappa shape index (κ3) is 3.95. The minimum Gasteiger partial charge on any atom is -0.497 e. The summed E-state index contributed by atoms with van der Waals surface area (Å²) in [6.07, 6.45) is 0. The van der Waals surface area contributed by atoms with Gasteiger partial charge in [0.25, 0.3) is 0 Å². The number of anilines is 3. The van der Waals surface area contributed by atoms with Gasteiger partial charge < -0.3 is 25.8 Å². The van der Waals surface area contributed by atoms with Crippen molar-refractivity contribution in [3.8, 4) is 11.5 Å². The Morgan fingerprint density at radius 2 is 1.58 bits per heavy atom. The summed E-state index contributed by atoms with van der Waals surface area (Å²) in [5.41, 5.74) is 7.79. The highest BCUT2D eigenvalue weighted by Crippen LogP contribution is 2.29. The van der Waals surface area contributed by atoms with Crippen LogP contribution < -0.4 is 25.8 Å². The second-order valence-electron chi connectivity index (χ2n) is 5.07. The Morgan fingerprint density at radius 3 is 2.21 bits per heavy atom. The topological polar surface area (TPSA) is 103 Å². The van der Waals surface area contributed by atoms with E-state index in [1.54, 1.807) is 30.3 Å². The van der Waals surface area contributed by atoms with E-state index in [1.165, 1.54) is 14.2 Å². The molecule has 0 saturated heterocycles. The van der Waals surface area contributed by atoms with Crippen molar-refractivity contribution in [3.63, 3.8) is 0 Å². The molecule has 0 radical (unpaired) electrons. The second kappa shape index (κ2) is 7.36. The van der Waals surface area contributed by atoms with Crippen LogP contribution >= 0.6 is 0 Å². The predicted molar refractivity (Wildman–Crippen MR) is 92.4 cm³/mol. The van der Waals surface area contributed by atoms with Crippen LogP contribution in [-0.2, 0) is 9.59 Å². The van der Waals surface area contributed by atoms with Crippen LogP contribution in [0.25, 0.3) is 0 Å². The van der Waals surface area contributed by atoms with E-state index in [9.17, 15) is 9.59 Å². The maximum absolute atomic E-state index is 12.1. The van der Waals surface area contributed by atoms with E-state index < -0.39 is 11.8 Å². The summed E-state index contributed by atoms with van der Waals surface area (Å²) in [6, 6.07) is 10.0. The van der Waals surface area contributed by atoms with Crippen LogP contribution in [0.15, 0.2) is 36.4 Å². The SMILES string of the molecule is COc1ccc(OC)c(NC(=O)C(=O)Nc2cc(C)ccc2N)c1. The van der Waals surface area contributed by atoms with Gasteiger partial charge in [0.1, 0.15) is 11.5 Å².